The van der Waals surface area contributed by atoms with Crippen molar-refractivity contribution in [1.82, 2.24) is 9.80 Å². The summed E-state index contributed by atoms with van der Waals surface area (Å²) in [7, 11) is 2.10. The molecule has 1 aromatic heterocycles. The number of aromatic nitrogens is 1. The third-order valence-corrected chi connectivity index (χ3v) is 10.6. The lowest BCUT2D eigenvalue weighted by Gasteiger charge is -2.28. The first kappa shape index (κ1) is 37.2. The Balaban J connectivity index is 1.33. The second kappa shape index (κ2) is 15.9. The lowest BCUT2D eigenvalue weighted by molar-refractivity contribution is -0.684. The van der Waals surface area contributed by atoms with Crippen molar-refractivity contribution < 1.29 is 24.4 Å². The molecular formula is C40H51ClN5O4+. The lowest BCUT2D eigenvalue weighted by atomic mass is 9.81. The zero-order chi connectivity index (χ0) is 36.1. The minimum Gasteiger partial charge on any atom is -0.481 e. The van der Waals surface area contributed by atoms with Crippen molar-refractivity contribution in [1.29, 1.82) is 0 Å². The molecule has 0 radical (unpaired) electrons. The van der Waals surface area contributed by atoms with Gasteiger partial charge in [0.2, 0.25) is 0 Å². The summed E-state index contributed by atoms with van der Waals surface area (Å²) in [6.45, 7) is 11.9. The summed E-state index contributed by atoms with van der Waals surface area (Å²) in [6.07, 6.45) is 22.1. The number of aliphatic imine (C=N–C) groups is 2. The fourth-order valence-corrected chi connectivity index (χ4v) is 7.26. The predicted octanol–water partition coefficient (Wildman–Crippen LogP) is 7.63. The Bertz CT molecular complexity index is 1760. The molecule has 2 N–H and O–H groups in total. The number of rotatable bonds is 15. The number of aryl methyl sites for hydroxylation is 1. The Kier molecular flexibility index (Phi) is 11.8. The second-order valence-corrected chi connectivity index (χ2v) is 15.1. The Morgan fingerprint density at radius 3 is 2.38 bits per heavy atom. The summed E-state index contributed by atoms with van der Waals surface area (Å²) in [4.78, 5) is 36.4. The van der Waals surface area contributed by atoms with E-state index in [1.165, 1.54) is 11.1 Å². The van der Waals surface area contributed by atoms with Crippen molar-refractivity contribution in [3.05, 3.63) is 94.0 Å². The van der Waals surface area contributed by atoms with E-state index in [2.05, 4.69) is 110 Å². The summed E-state index contributed by atoms with van der Waals surface area (Å²) in [5.41, 5.74) is 5.87. The normalized spacial score (nSPS) is 21.2. The number of allylic oxidation sites excluding steroid dienone is 6. The number of nitrogens with zero attached hydrogens (tertiary/aromatic N) is 5. The molecule has 50 heavy (non-hydrogen) atoms. The molecule has 5 rings (SSSR count). The standard InChI is InChI=1S/C40H50ClN5O4/c1-39(2)30-14-12-24-45(22-10-6-8-16-34(47)48)37(30)42-32(39)20-18-28-26-44(5)27-29(36(28)41)19-21-33-40(3,4)31-15-13-25-46(38(31)43-33)23-11-7-9-17-35(49)50/h12-15,18-21,24-25H,6-11,16-17,22-23,26-27H2,1-5H3,(H-,47,48,49,50)/p+1. The van der Waals surface area contributed by atoms with E-state index in [0.717, 1.165) is 91.1 Å². The van der Waals surface area contributed by atoms with Gasteiger partial charge in [0.05, 0.1) is 29.4 Å². The van der Waals surface area contributed by atoms with Crippen LogP contribution in [0.3, 0.4) is 0 Å². The number of hydrogen-bond donors (Lipinski definition) is 2. The minimum atomic E-state index is -0.743. The van der Waals surface area contributed by atoms with Gasteiger partial charge in [-0.25, -0.2) is 9.56 Å². The first-order chi connectivity index (χ1) is 23.8. The van der Waals surface area contributed by atoms with Gasteiger partial charge < -0.3 is 15.1 Å². The van der Waals surface area contributed by atoms with E-state index in [1.54, 1.807) is 0 Å². The number of fused-ring (bicyclic) bond motifs is 2. The van der Waals surface area contributed by atoms with Gasteiger partial charge in [-0.2, -0.15) is 0 Å². The number of pyridine rings is 1. The highest BCUT2D eigenvalue weighted by atomic mass is 35.5. The van der Waals surface area contributed by atoms with Gasteiger partial charge in [0.15, 0.2) is 5.71 Å². The molecule has 0 bridgehead atoms. The summed E-state index contributed by atoms with van der Waals surface area (Å²) < 4.78 is 2.19. The number of hydrogen-bond acceptors (Lipinski definition) is 6. The highest BCUT2D eigenvalue weighted by Gasteiger charge is 2.42. The number of halogens is 1. The van der Waals surface area contributed by atoms with Crippen molar-refractivity contribution in [2.75, 3.05) is 26.7 Å². The van der Waals surface area contributed by atoms with Gasteiger partial charge in [-0.1, -0.05) is 50.1 Å². The summed E-state index contributed by atoms with van der Waals surface area (Å²) in [5, 5.41) is 18.6. The molecule has 266 valence electrons. The van der Waals surface area contributed by atoms with Crippen LogP contribution in [-0.2, 0) is 21.5 Å². The zero-order valence-electron chi connectivity index (χ0n) is 30.1. The summed E-state index contributed by atoms with van der Waals surface area (Å²) in [5.74, 6) is 0.443. The fraction of sp³-hybridized carbons (Fsp3) is 0.475. The van der Waals surface area contributed by atoms with Crippen LogP contribution < -0.4 is 4.57 Å². The first-order valence-electron chi connectivity index (χ1n) is 17.8. The van der Waals surface area contributed by atoms with Gasteiger partial charge in [0.25, 0.3) is 0 Å². The van der Waals surface area contributed by atoms with Crippen LogP contribution in [0, 0.1) is 5.41 Å². The molecule has 10 heteroatoms. The highest BCUT2D eigenvalue weighted by Crippen LogP contribution is 2.44. The Morgan fingerprint density at radius 2 is 1.66 bits per heavy atom. The van der Waals surface area contributed by atoms with Gasteiger partial charge in [0, 0.05) is 54.7 Å². The lowest BCUT2D eigenvalue weighted by Crippen LogP contribution is -2.34. The molecule has 0 spiro atoms. The van der Waals surface area contributed by atoms with Crippen LogP contribution in [0.15, 0.2) is 98.4 Å². The average Bonchev–Trinajstić information content (AvgIpc) is 3.48. The fourth-order valence-electron chi connectivity index (χ4n) is 7.01. The molecule has 0 aromatic carbocycles. The maximum absolute atomic E-state index is 10.9. The van der Waals surface area contributed by atoms with Crippen molar-refractivity contribution in [3.63, 3.8) is 0 Å². The quantitative estimate of drug-likeness (QED) is 0.144. The highest BCUT2D eigenvalue weighted by molar-refractivity contribution is 6.32. The Labute approximate surface area is 301 Å². The van der Waals surface area contributed by atoms with Crippen molar-refractivity contribution in [2.45, 2.75) is 91.0 Å². The Morgan fingerprint density at radius 1 is 0.940 bits per heavy atom. The average molecular weight is 701 g/mol. The van der Waals surface area contributed by atoms with Crippen LogP contribution in [0.1, 0.15) is 84.6 Å². The molecular weight excluding hydrogens is 650 g/mol. The molecule has 0 saturated heterocycles. The minimum absolute atomic E-state index is 0.209. The molecule has 1 aromatic rings. The number of carboxylic acids is 2. The summed E-state index contributed by atoms with van der Waals surface area (Å²) >= 11 is 7.11. The molecule has 5 heterocycles. The van der Waals surface area contributed by atoms with Gasteiger partial charge >= 0.3 is 17.8 Å². The molecule has 0 atom stereocenters. The number of carbonyl (C=O) groups is 2. The van der Waals surface area contributed by atoms with Crippen molar-refractivity contribution in [3.8, 4) is 0 Å². The molecule has 4 aliphatic heterocycles. The van der Waals surface area contributed by atoms with Crippen molar-refractivity contribution >= 4 is 40.9 Å². The third kappa shape index (κ3) is 8.44. The smallest absolute Gasteiger partial charge is 0.327 e. The van der Waals surface area contributed by atoms with E-state index in [1.807, 2.05) is 0 Å². The molecule has 4 aliphatic rings. The zero-order valence-corrected chi connectivity index (χ0v) is 30.8. The van der Waals surface area contributed by atoms with Crippen LogP contribution in [0.2, 0.25) is 0 Å². The van der Waals surface area contributed by atoms with Crippen LogP contribution in [-0.4, -0.2) is 70.2 Å². The second-order valence-electron chi connectivity index (χ2n) is 14.7. The molecule has 9 nitrogen and oxygen atoms in total. The number of unbranched alkanes of at least 4 members (excludes halogenated alkanes) is 4. The maximum atomic E-state index is 10.9. The predicted molar refractivity (Wildman–Crippen MR) is 200 cm³/mol. The third-order valence-electron chi connectivity index (χ3n) is 10.1. The maximum Gasteiger partial charge on any atom is 0.327 e. The molecule has 0 unspecified atom stereocenters. The van der Waals surface area contributed by atoms with E-state index in [0.29, 0.717) is 12.8 Å². The van der Waals surface area contributed by atoms with Crippen LogP contribution in [0.4, 0.5) is 5.82 Å². The number of amidine groups is 1. The van der Waals surface area contributed by atoms with E-state index < -0.39 is 11.9 Å². The molecule has 0 fully saturated rings. The van der Waals surface area contributed by atoms with Gasteiger partial charge in [-0.3, -0.25) is 14.5 Å². The molecule has 0 amide bonds. The SMILES string of the molecule is CN1CC(/C=C/C2=Nc3c(ccc[n+]3CCCCCC(=O)O)C2(C)C)=C(Cl)C(=C/C=C2/N=C3C(=CC=CN3CCCCCC(=O)O)C2(C)C)/C1. The molecule has 0 aliphatic carbocycles. The number of carboxylic acid groups (broad SMARTS) is 2. The van der Waals surface area contributed by atoms with Gasteiger partial charge in [-0.05, 0) is 99.5 Å². The number of likely N-dealkylation sites (N-methyl/N-ethyl adjacent to an activating group) is 1. The topological polar surface area (TPSA) is 110 Å². The van der Waals surface area contributed by atoms with E-state index in [-0.39, 0.29) is 23.7 Å². The van der Waals surface area contributed by atoms with E-state index >= 15 is 0 Å². The largest absolute Gasteiger partial charge is 0.481 e. The monoisotopic (exact) mass is 700 g/mol. The number of aliphatic carboxylic acids is 2. The first-order valence-corrected chi connectivity index (χ1v) is 18.1. The van der Waals surface area contributed by atoms with Gasteiger partial charge in [-0.15, -0.1) is 0 Å². The van der Waals surface area contributed by atoms with E-state index in [4.69, 9.17) is 31.8 Å². The van der Waals surface area contributed by atoms with Crippen LogP contribution in [0.25, 0.3) is 0 Å². The van der Waals surface area contributed by atoms with E-state index in [9.17, 15) is 9.59 Å². The molecule has 0 saturated carbocycles. The van der Waals surface area contributed by atoms with Crippen LogP contribution >= 0.6 is 11.6 Å². The summed E-state index contributed by atoms with van der Waals surface area (Å²) in [6, 6.07) is 4.22. The Hall–Kier alpha value is -4.08. The van der Waals surface area contributed by atoms with Crippen molar-refractivity contribution in [2.24, 2.45) is 15.4 Å². The van der Waals surface area contributed by atoms with Gasteiger partial charge in [0.1, 0.15) is 5.84 Å². The van der Waals surface area contributed by atoms with Crippen LogP contribution in [0.5, 0.6) is 0 Å².